The van der Waals surface area contributed by atoms with Crippen molar-refractivity contribution in [3.63, 3.8) is 0 Å². The molecule has 1 fully saturated rings. The first-order valence-corrected chi connectivity index (χ1v) is 10.3. The summed E-state index contributed by atoms with van der Waals surface area (Å²) >= 11 is 0. The topological polar surface area (TPSA) is 33.5 Å². The molecule has 0 aromatic heterocycles. The van der Waals surface area contributed by atoms with Crippen molar-refractivity contribution in [3.05, 3.63) is 82.9 Å². The molecule has 144 valence electrons. The zero-order valence-corrected chi connectivity index (χ0v) is 16.8. The van der Waals surface area contributed by atoms with Crippen molar-refractivity contribution in [1.82, 2.24) is 5.32 Å². The third-order valence-corrected chi connectivity index (χ3v) is 6.17. The van der Waals surface area contributed by atoms with E-state index in [0.717, 1.165) is 11.1 Å². The van der Waals surface area contributed by atoms with Crippen LogP contribution in [0.1, 0.15) is 45.9 Å². The largest absolute Gasteiger partial charge is 0.346 e. The van der Waals surface area contributed by atoms with Gasteiger partial charge in [-0.1, -0.05) is 48.5 Å². The van der Waals surface area contributed by atoms with E-state index in [-0.39, 0.29) is 11.9 Å². The van der Waals surface area contributed by atoms with Crippen molar-refractivity contribution >= 4 is 16.7 Å². The third-order valence-electron chi connectivity index (χ3n) is 6.17. The molecule has 0 spiro atoms. The second-order valence-corrected chi connectivity index (χ2v) is 8.00. The van der Waals surface area contributed by atoms with Gasteiger partial charge in [-0.05, 0) is 47.9 Å². The summed E-state index contributed by atoms with van der Waals surface area (Å²) in [4.78, 5) is 14.4. The van der Waals surface area contributed by atoms with Crippen LogP contribution in [0.3, 0.4) is 0 Å². The minimum atomic E-state index is 0.0203. The standard InChI is InChI=1S/C25H28N2O/c1-18-12-13-21(16-19(18)2)25(28)26-17-24(27-14-5-6-15-27)23-11-7-9-20-8-3-4-10-22(20)23/h3-4,7-13,16,24H,5-6,14-15,17H2,1-2H3,(H,26,28)/p+1/t24-/m1/s1. The first-order chi connectivity index (χ1) is 13.6. The maximum atomic E-state index is 12.8. The molecular weight excluding hydrogens is 344 g/mol. The van der Waals surface area contributed by atoms with Crippen molar-refractivity contribution in [2.24, 2.45) is 0 Å². The van der Waals surface area contributed by atoms with Crippen LogP contribution in [-0.4, -0.2) is 25.5 Å². The highest BCUT2D eigenvalue weighted by atomic mass is 16.1. The average molecular weight is 374 g/mol. The number of rotatable bonds is 5. The molecule has 1 aliphatic rings. The van der Waals surface area contributed by atoms with Gasteiger partial charge >= 0.3 is 0 Å². The number of fused-ring (bicyclic) bond motifs is 1. The van der Waals surface area contributed by atoms with E-state index in [1.165, 1.54) is 47.8 Å². The molecule has 0 radical (unpaired) electrons. The summed E-state index contributed by atoms with van der Waals surface area (Å²) in [7, 11) is 0. The summed E-state index contributed by atoms with van der Waals surface area (Å²) in [6, 6.07) is 21.3. The molecule has 4 rings (SSSR count). The second kappa shape index (κ2) is 8.15. The first-order valence-electron chi connectivity index (χ1n) is 10.3. The number of aryl methyl sites for hydroxylation is 2. The van der Waals surface area contributed by atoms with Crippen LogP contribution >= 0.6 is 0 Å². The van der Waals surface area contributed by atoms with Gasteiger partial charge in [0.25, 0.3) is 5.91 Å². The fraction of sp³-hybridized carbons (Fsp3) is 0.320. The van der Waals surface area contributed by atoms with Crippen molar-refractivity contribution in [3.8, 4) is 0 Å². The molecule has 3 heteroatoms. The van der Waals surface area contributed by atoms with Gasteiger partial charge in [-0.2, -0.15) is 0 Å². The Morgan fingerprint density at radius 2 is 1.71 bits per heavy atom. The average Bonchev–Trinajstić information content (AvgIpc) is 3.25. The van der Waals surface area contributed by atoms with Crippen LogP contribution in [0.2, 0.25) is 0 Å². The summed E-state index contributed by atoms with van der Waals surface area (Å²) in [5.41, 5.74) is 4.46. The van der Waals surface area contributed by atoms with E-state index in [0.29, 0.717) is 6.54 Å². The summed E-state index contributed by atoms with van der Waals surface area (Å²) < 4.78 is 0. The molecular formula is C25H29N2O+. The van der Waals surface area contributed by atoms with Crippen LogP contribution in [0.5, 0.6) is 0 Å². The Labute approximate surface area is 167 Å². The molecule has 3 aromatic carbocycles. The van der Waals surface area contributed by atoms with Gasteiger partial charge in [0.1, 0.15) is 6.04 Å². The summed E-state index contributed by atoms with van der Waals surface area (Å²) in [5, 5.41) is 5.79. The number of benzene rings is 3. The number of nitrogens with one attached hydrogen (secondary N) is 2. The predicted octanol–water partition coefficient (Wildman–Crippen LogP) is 3.61. The van der Waals surface area contributed by atoms with Crippen LogP contribution in [0, 0.1) is 13.8 Å². The van der Waals surface area contributed by atoms with Crippen LogP contribution in [0.15, 0.2) is 60.7 Å². The van der Waals surface area contributed by atoms with Gasteiger partial charge in [0, 0.05) is 24.0 Å². The Kier molecular flexibility index (Phi) is 5.45. The molecule has 3 aromatic rings. The van der Waals surface area contributed by atoms with Gasteiger partial charge in [-0.3, -0.25) is 4.79 Å². The number of carbonyl (C=O) groups is 1. The Bertz CT molecular complexity index is 984. The first kappa shape index (κ1) is 18.7. The molecule has 28 heavy (non-hydrogen) atoms. The van der Waals surface area contributed by atoms with E-state index in [1.54, 1.807) is 4.90 Å². The Balaban J connectivity index is 1.60. The van der Waals surface area contributed by atoms with Crippen molar-refractivity contribution in [2.45, 2.75) is 32.7 Å². The fourth-order valence-electron chi connectivity index (χ4n) is 4.39. The van der Waals surface area contributed by atoms with E-state index in [4.69, 9.17) is 0 Å². The molecule has 3 nitrogen and oxygen atoms in total. The highest BCUT2D eigenvalue weighted by Crippen LogP contribution is 2.23. The Morgan fingerprint density at radius 3 is 2.50 bits per heavy atom. The van der Waals surface area contributed by atoms with Gasteiger partial charge < -0.3 is 10.2 Å². The number of hydrogen-bond acceptors (Lipinski definition) is 1. The number of carbonyl (C=O) groups excluding carboxylic acids is 1. The van der Waals surface area contributed by atoms with Gasteiger partial charge in [-0.15, -0.1) is 0 Å². The van der Waals surface area contributed by atoms with Gasteiger partial charge in [-0.25, -0.2) is 0 Å². The lowest BCUT2D eigenvalue weighted by Gasteiger charge is -2.26. The third kappa shape index (κ3) is 3.81. The lowest BCUT2D eigenvalue weighted by molar-refractivity contribution is -0.918. The van der Waals surface area contributed by atoms with Crippen LogP contribution in [0.25, 0.3) is 10.8 Å². The van der Waals surface area contributed by atoms with Crippen molar-refractivity contribution in [1.29, 1.82) is 0 Å². The number of hydrogen-bond donors (Lipinski definition) is 2. The number of likely N-dealkylation sites (tertiary alicyclic amines) is 1. The molecule has 1 saturated heterocycles. The summed E-state index contributed by atoms with van der Waals surface area (Å²) in [6.45, 7) is 7.14. The SMILES string of the molecule is Cc1ccc(C(=O)NC[C@H](c2cccc3ccccc23)[NH+]2CCCC2)cc1C. The molecule has 0 saturated carbocycles. The highest BCUT2D eigenvalue weighted by Gasteiger charge is 2.29. The molecule has 1 aliphatic heterocycles. The monoisotopic (exact) mass is 373 g/mol. The van der Waals surface area contributed by atoms with E-state index in [2.05, 4.69) is 61.6 Å². The van der Waals surface area contributed by atoms with Crippen LogP contribution in [0.4, 0.5) is 0 Å². The van der Waals surface area contributed by atoms with Gasteiger partial charge in [0.15, 0.2) is 0 Å². The number of quaternary nitrogens is 1. The van der Waals surface area contributed by atoms with E-state index < -0.39 is 0 Å². The molecule has 2 N–H and O–H groups in total. The Hall–Kier alpha value is -2.65. The maximum Gasteiger partial charge on any atom is 0.251 e. The smallest absolute Gasteiger partial charge is 0.251 e. The van der Waals surface area contributed by atoms with Crippen LogP contribution < -0.4 is 10.2 Å². The fourth-order valence-corrected chi connectivity index (χ4v) is 4.39. The van der Waals surface area contributed by atoms with Crippen molar-refractivity contribution in [2.75, 3.05) is 19.6 Å². The lowest BCUT2D eigenvalue weighted by Crippen LogP contribution is -3.11. The molecule has 0 bridgehead atoms. The highest BCUT2D eigenvalue weighted by molar-refractivity contribution is 5.94. The maximum absolute atomic E-state index is 12.8. The summed E-state index contributed by atoms with van der Waals surface area (Å²) in [5.74, 6) is 0.0203. The normalized spacial score (nSPS) is 15.6. The molecule has 1 heterocycles. The zero-order valence-electron chi connectivity index (χ0n) is 16.8. The van der Waals surface area contributed by atoms with E-state index in [1.807, 2.05) is 18.2 Å². The van der Waals surface area contributed by atoms with E-state index in [9.17, 15) is 4.79 Å². The quantitative estimate of drug-likeness (QED) is 0.704. The zero-order chi connectivity index (χ0) is 19.5. The predicted molar refractivity (Wildman–Crippen MR) is 115 cm³/mol. The molecule has 0 unspecified atom stereocenters. The molecule has 1 atom stereocenters. The van der Waals surface area contributed by atoms with Gasteiger partial charge in [0.05, 0.1) is 19.6 Å². The lowest BCUT2D eigenvalue weighted by atomic mass is 9.97. The Morgan fingerprint density at radius 1 is 0.964 bits per heavy atom. The van der Waals surface area contributed by atoms with Crippen LogP contribution in [-0.2, 0) is 0 Å². The minimum Gasteiger partial charge on any atom is -0.346 e. The van der Waals surface area contributed by atoms with Crippen molar-refractivity contribution < 1.29 is 9.69 Å². The number of amides is 1. The summed E-state index contributed by atoms with van der Waals surface area (Å²) in [6.07, 6.45) is 2.53. The minimum absolute atomic E-state index is 0.0203. The molecule has 1 amide bonds. The molecule has 0 aliphatic carbocycles. The second-order valence-electron chi connectivity index (χ2n) is 8.00. The van der Waals surface area contributed by atoms with E-state index >= 15 is 0 Å². The van der Waals surface area contributed by atoms with Gasteiger partial charge in [0.2, 0.25) is 0 Å².